The van der Waals surface area contributed by atoms with Crippen molar-refractivity contribution in [2.75, 3.05) is 17.2 Å². The minimum Gasteiger partial charge on any atom is -0.376 e. The van der Waals surface area contributed by atoms with Crippen LogP contribution in [0.3, 0.4) is 0 Å². The van der Waals surface area contributed by atoms with Gasteiger partial charge in [-0.1, -0.05) is 35.3 Å². The third-order valence-electron chi connectivity index (χ3n) is 3.25. The summed E-state index contributed by atoms with van der Waals surface area (Å²) < 4.78 is 0. The molecule has 0 radical (unpaired) electrons. The van der Waals surface area contributed by atoms with Gasteiger partial charge >= 0.3 is 0 Å². The molecule has 0 saturated carbocycles. The molecule has 0 aromatic heterocycles. The summed E-state index contributed by atoms with van der Waals surface area (Å²) in [5, 5.41) is 6.84. The lowest BCUT2D eigenvalue weighted by Crippen LogP contribution is -2.22. The summed E-state index contributed by atoms with van der Waals surface area (Å²) in [7, 11) is 0. The number of carbonyl (C=O) groups is 1. The minimum atomic E-state index is -0.180. The minimum absolute atomic E-state index is 0.160. The third-order valence-corrected chi connectivity index (χ3v) is 3.81. The number of anilines is 2. The van der Waals surface area contributed by atoms with Gasteiger partial charge in [-0.15, -0.1) is 0 Å². The molecule has 21 heavy (non-hydrogen) atoms. The highest BCUT2D eigenvalue weighted by Crippen LogP contribution is 2.25. The highest BCUT2D eigenvalue weighted by atomic mass is 35.5. The predicted molar refractivity (Wildman–Crippen MR) is 89.5 cm³/mol. The van der Waals surface area contributed by atoms with Crippen LogP contribution in [-0.2, 0) is 4.79 Å². The Bertz CT molecular complexity index is 671. The molecule has 0 saturated heterocycles. The first-order valence-corrected chi connectivity index (χ1v) is 7.28. The van der Waals surface area contributed by atoms with E-state index in [1.54, 1.807) is 18.2 Å². The molecule has 2 aromatic carbocycles. The Morgan fingerprint density at radius 3 is 2.62 bits per heavy atom. The van der Waals surface area contributed by atoms with Gasteiger partial charge in [0.25, 0.3) is 0 Å². The molecule has 2 aromatic rings. The normalized spacial score (nSPS) is 10.3. The number of benzene rings is 2. The number of hydrogen-bond donors (Lipinski definition) is 2. The van der Waals surface area contributed by atoms with Crippen LogP contribution in [0.4, 0.5) is 11.4 Å². The SMILES string of the molecule is Cc1cccc(NCC(=O)Nc2cc(Cl)ccc2Cl)c1C. The van der Waals surface area contributed by atoms with Gasteiger partial charge in [-0.05, 0) is 49.2 Å². The number of rotatable bonds is 4. The van der Waals surface area contributed by atoms with Crippen molar-refractivity contribution in [1.29, 1.82) is 0 Å². The summed E-state index contributed by atoms with van der Waals surface area (Å²) in [6.45, 7) is 4.21. The van der Waals surface area contributed by atoms with E-state index < -0.39 is 0 Å². The Balaban J connectivity index is 1.99. The van der Waals surface area contributed by atoms with Crippen molar-refractivity contribution in [3.8, 4) is 0 Å². The van der Waals surface area contributed by atoms with Crippen molar-refractivity contribution in [2.24, 2.45) is 0 Å². The molecule has 0 spiro atoms. The van der Waals surface area contributed by atoms with E-state index in [1.165, 1.54) is 5.56 Å². The molecule has 3 nitrogen and oxygen atoms in total. The fourth-order valence-electron chi connectivity index (χ4n) is 1.91. The van der Waals surface area contributed by atoms with Crippen LogP contribution in [-0.4, -0.2) is 12.5 Å². The molecule has 0 aliphatic carbocycles. The molecule has 0 heterocycles. The number of halogens is 2. The molecule has 1 amide bonds. The number of aryl methyl sites for hydroxylation is 1. The summed E-state index contributed by atoms with van der Waals surface area (Å²) in [4.78, 5) is 12.0. The van der Waals surface area contributed by atoms with Gasteiger partial charge in [0.05, 0.1) is 17.3 Å². The average Bonchev–Trinajstić information content (AvgIpc) is 2.44. The smallest absolute Gasteiger partial charge is 0.243 e. The van der Waals surface area contributed by atoms with Crippen LogP contribution in [0.15, 0.2) is 36.4 Å². The second kappa shape index (κ2) is 6.83. The fourth-order valence-corrected chi connectivity index (χ4v) is 2.24. The first kappa shape index (κ1) is 15.7. The van der Waals surface area contributed by atoms with E-state index in [0.29, 0.717) is 15.7 Å². The average molecular weight is 323 g/mol. The molecule has 5 heteroatoms. The molecule has 0 fully saturated rings. The summed E-state index contributed by atoms with van der Waals surface area (Å²) in [6, 6.07) is 10.9. The van der Waals surface area contributed by atoms with Crippen LogP contribution >= 0.6 is 23.2 Å². The lowest BCUT2D eigenvalue weighted by Gasteiger charge is -2.12. The zero-order valence-corrected chi connectivity index (χ0v) is 13.3. The van der Waals surface area contributed by atoms with E-state index in [-0.39, 0.29) is 12.5 Å². The van der Waals surface area contributed by atoms with Crippen LogP contribution in [0, 0.1) is 13.8 Å². The summed E-state index contributed by atoms with van der Waals surface area (Å²) >= 11 is 11.9. The predicted octanol–water partition coefficient (Wildman–Crippen LogP) is 4.66. The standard InChI is InChI=1S/C16H16Cl2N2O/c1-10-4-3-5-14(11(10)2)19-9-16(21)20-15-8-12(17)6-7-13(15)18/h3-8,19H,9H2,1-2H3,(H,20,21). The van der Waals surface area contributed by atoms with E-state index in [2.05, 4.69) is 10.6 Å². The molecule has 0 aliphatic rings. The molecular weight excluding hydrogens is 307 g/mol. The highest BCUT2D eigenvalue weighted by molar-refractivity contribution is 6.35. The topological polar surface area (TPSA) is 41.1 Å². The van der Waals surface area contributed by atoms with Gasteiger partial charge in [0.2, 0.25) is 5.91 Å². The molecule has 2 N–H and O–H groups in total. The maximum absolute atomic E-state index is 12.0. The van der Waals surface area contributed by atoms with Crippen molar-refractivity contribution >= 4 is 40.5 Å². The van der Waals surface area contributed by atoms with Gasteiger partial charge in [-0.25, -0.2) is 0 Å². The van der Waals surface area contributed by atoms with Gasteiger partial charge in [0.1, 0.15) is 0 Å². The maximum Gasteiger partial charge on any atom is 0.243 e. The van der Waals surface area contributed by atoms with Crippen molar-refractivity contribution in [1.82, 2.24) is 0 Å². The highest BCUT2D eigenvalue weighted by Gasteiger charge is 2.07. The molecule has 0 bridgehead atoms. The first-order chi connectivity index (χ1) is 9.97. The number of amides is 1. The molecule has 0 unspecified atom stereocenters. The van der Waals surface area contributed by atoms with E-state index >= 15 is 0 Å². The largest absolute Gasteiger partial charge is 0.376 e. The number of nitrogens with one attached hydrogen (secondary N) is 2. The summed E-state index contributed by atoms with van der Waals surface area (Å²) in [5.74, 6) is -0.180. The molecule has 2 rings (SSSR count). The lowest BCUT2D eigenvalue weighted by molar-refractivity contribution is -0.114. The third kappa shape index (κ3) is 4.13. The van der Waals surface area contributed by atoms with Crippen molar-refractivity contribution in [3.63, 3.8) is 0 Å². The second-order valence-electron chi connectivity index (χ2n) is 4.77. The quantitative estimate of drug-likeness (QED) is 0.859. The fraction of sp³-hybridized carbons (Fsp3) is 0.188. The van der Waals surface area contributed by atoms with E-state index in [9.17, 15) is 4.79 Å². The molecule has 0 atom stereocenters. The van der Waals surface area contributed by atoms with Crippen LogP contribution in [0.5, 0.6) is 0 Å². The van der Waals surface area contributed by atoms with Crippen LogP contribution < -0.4 is 10.6 Å². The van der Waals surface area contributed by atoms with Crippen molar-refractivity contribution in [2.45, 2.75) is 13.8 Å². The maximum atomic E-state index is 12.0. The second-order valence-corrected chi connectivity index (χ2v) is 5.62. The first-order valence-electron chi connectivity index (χ1n) is 6.52. The van der Waals surface area contributed by atoms with Crippen LogP contribution in [0.2, 0.25) is 10.0 Å². The monoisotopic (exact) mass is 322 g/mol. The molecule has 110 valence electrons. The van der Waals surface area contributed by atoms with Gasteiger partial charge < -0.3 is 10.6 Å². The number of carbonyl (C=O) groups excluding carboxylic acids is 1. The van der Waals surface area contributed by atoms with Crippen LogP contribution in [0.1, 0.15) is 11.1 Å². The van der Waals surface area contributed by atoms with Gasteiger partial charge in [0, 0.05) is 10.7 Å². The van der Waals surface area contributed by atoms with Crippen molar-refractivity contribution in [3.05, 3.63) is 57.6 Å². The molecule has 0 aliphatic heterocycles. The Kier molecular flexibility index (Phi) is 5.10. The zero-order chi connectivity index (χ0) is 15.4. The van der Waals surface area contributed by atoms with E-state index in [4.69, 9.17) is 23.2 Å². The lowest BCUT2D eigenvalue weighted by atomic mass is 10.1. The number of hydrogen-bond acceptors (Lipinski definition) is 2. The van der Waals surface area contributed by atoms with Crippen LogP contribution in [0.25, 0.3) is 0 Å². The van der Waals surface area contributed by atoms with Gasteiger partial charge in [0.15, 0.2) is 0 Å². The Labute approximate surface area is 134 Å². The Morgan fingerprint density at radius 2 is 1.86 bits per heavy atom. The summed E-state index contributed by atoms with van der Waals surface area (Å²) in [5.41, 5.74) is 3.77. The Morgan fingerprint density at radius 1 is 1.10 bits per heavy atom. The van der Waals surface area contributed by atoms with E-state index in [1.807, 2.05) is 32.0 Å². The van der Waals surface area contributed by atoms with Gasteiger partial charge in [-0.2, -0.15) is 0 Å². The van der Waals surface area contributed by atoms with Gasteiger partial charge in [-0.3, -0.25) is 4.79 Å². The Hall–Kier alpha value is -1.71. The van der Waals surface area contributed by atoms with E-state index in [0.717, 1.165) is 11.3 Å². The zero-order valence-electron chi connectivity index (χ0n) is 11.8. The molecular formula is C16H16Cl2N2O. The van der Waals surface area contributed by atoms with Crippen molar-refractivity contribution < 1.29 is 4.79 Å². The summed E-state index contributed by atoms with van der Waals surface area (Å²) in [6.07, 6.45) is 0.